The fourth-order valence-corrected chi connectivity index (χ4v) is 2.87. The maximum Gasteiger partial charge on any atom is 0.260 e. The molecule has 0 aliphatic heterocycles. The summed E-state index contributed by atoms with van der Waals surface area (Å²) >= 11 is 7.26. The van der Waals surface area contributed by atoms with Crippen LogP contribution in [0.3, 0.4) is 0 Å². The molecule has 0 saturated carbocycles. The zero-order chi connectivity index (χ0) is 16.2. The van der Waals surface area contributed by atoms with Gasteiger partial charge in [0, 0.05) is 17.1 Å². The number of thiazole rings is 1. The largest absolute Gasteiger partial charge is 0.497 e. The number of carbonyl (C=O) groups excluding carboxylic acids is 1. The van der Waals surface area contributed by atoms with E-state index in [0.29, 0.717) is 10.7 Å². The highest BCUT2D eigenvalue weighted by Gasteiger charge is 2.13. The van der Waals surface area contributed by atoms with Crippen LogP contribution in [0, 0.1) is 0 Å². The summed E-state index contributed by atoms with van der Waals surface area (Å²) < 4.78 is 5.13. The van der Waals surface area contributed by atoms with Gasteiger partial charge in [0.1, 0.15) is 10.9 Å². The van der Waals surface area contributed by atoms with Crippen molar-refractivity contribution in [1.29, 1.82) is 0 Å². The van der Waals surface area contributed by atoms with Crippen LogP contribution >= 0.6 is 22.9 Å². The molecule has 1 amide bonds. The number of hydrogen-bond acceptors (Lipinski definition) is 5. The van der Waals surface area contributed by atoms with E-state index in [4.69, 9.17) is 16.3 Å². The predicted molar refractivity (Wildman–Crippen MR) is 91.3 cm³/mol. The molecule has 116 valence electrons. The Morgan fingerprint density at radius 3 is 2.74 bits per heavy atom. The highest BCUT2D eigenvalue weighted by molar-refractivity contribution is 7.14. The van der Waals surface area contributed by atoms with Gasteiger partial charge in [-0.3, -0.25) is 10.1 Å². The van der Waals surface area contributed by atoms with Crippen molar-refractivity contribution in [2.45, 2.75) is 0 Å². The summed E-state index contributed by atoms with van der Waals surface area (Å²) in [6, 6.07) is 10.8. The van der Waals surface area contributed by atoms with Crippen LogP contribution in [0.5, 0.6) is 5.75 Å². The molecule has 0 fully saturated rings. The number of amides is 1. The van der Waals surface area contributed by atoms with Gasteiger partial charge in [0.05, 0.1) is 18.4 Å². The minimum absolute atomic E-state index is 0.164. The van der Waals surface area contributed by atoms with Crippen molar-refractivity contribution in [3.05, 3.63) is 58.7 Å². The molecule has 23 heavy (non-hydrogen) atoms. The molecular weight excluding hydrogens is 334 g/mol. The fourth-order valence-electron chi connectivity index (χ4n) is 1.95. The third-order valence-corrected chi connectivity index (χ3v) is 4.17. The molecule has 0 spiro atoms. The van der Waals surface area contributed by atoms with Crippen molar-refractivity contribution < 1.29 is 9.53 Å². The number of rotatable bonds is 4. The van der Waals surface area contributed by atoms with E-state index in [9.17, 15) is 4.79 Å². The number of benzene rings is 1. The van der Waals surface area contributed by atoms with Crippen molar-refractivity contribution in [2.24, 2.45) is 0 Å². The Bertz CT molecular complexity index is 833. The summed E-state index contributed by atoms with van der Waals surface area (Å²) in [4.78, 5) is 20.5. The maximum atomic E-state index is 12.2. The molecule has 0 saturated heterocycles. The van der Waals surface area contributed by atoms with Crippen LogP contribution < -0.4 is 10.1 Å². The average Bonchev–Trinajstić information content (AvgIpc) is 3.03. The topological polar surface area (TPSA) is 64.1 Å². The lowest BCUT2D eigenvalue weighted by molar-refractivity contribution is 0.102. The smallest absolute Gasteiger partial charge is 0.260 e. The van der Waals surface area contributed by atoms with Gasteiger partial charge in [-0.2, -0.15) is 0 Å². The van der Waals surface area contributed by atoms with Crippen molar-refractivity contribution >= 4 is 34.0 Å². The number of anilines is 1. The number of methoxy groups -OCH3 is 1. The van der Waals surface area contributed by atoms with Crippen molar-refractivity contribution in [1.82, 2.24) is 9.97 Å². The van der Waals surface area contributed by atoms with Gasteiger partial charge in [0.25, 0.3) is 5.91 Å². The molecule has 0 aliphatic carbocycles. The van der Waals surface area contributed by atoms with Crippen LogP contribution in [0.2, 0.25) is 5.15 Å². The molecule has 2 aromatic heterocycles. The monoisotopic (exact) mass is 345 g/mol. The molecule has 3 rings (SSSR count). The SMILES string of the molecule is COc1ccc(-c2csc(NC(=O)c3cccnc3Cl)n2)cc1. The number of hydrogen-bond donors (Lipinski definition) is 1. The van der Waals surface area contributed by atoms with Crippen LogP contribution in [0.4, 0.5) is 5.13 Å². The summed E-state index contributed by atoms with van der Waals surface area (Å²) in [5.41, 5.74) is 2.04. The van der Waals surface area contributed by atoms with E-state index in [1.165, 1.54) is 17.5 Å². The summed E-state index contributed by atoms with van der Waals surface area (Å²) in [6.45, 7) is 0. The normalized spacial score (nSPS) is 10.3. The van der Waals surface area contributed by atoms with Crippen LogP contribution in [-0.4, -0.2) is 23.0 Å². The van der Waals surface area contributed by atoms with E-state index in [0.717, 1.165) is 17.0 Å². The predicted octanol–water partition coefficient (Wildman–Crippen LogP) is 4.12. The van der Waals surface area contributed by atoms with Crippen molar-refractivity contribution in [3.8, 4) is 17.0 Å². The second-order valence-corrected chi connectivity index (χ2v) is 5.78. The van der Waals surface area contributed by atoms with Gasteiger partial charge >= 0.3 is 0 Å². The molecule has 1 aromatic carbocycles. The molecular formula is C16H12ClN3O2S. The maximum absolute atomic E-state index is 12.2. The lowest BCUT2D eigenvalue weighted by atomic mass is 10.2. The van der Waals surface area contributed by atoms with Crippen LogP contribution in [0.25, 0.3) is 11.3 Å². The lowest BCUT2D eigenvalue weighted by Crippen LogP contribution is -2.12. The highest BCUT2D eigenvalue weighted by Crippen LogP contribution is 2.27. The molecule has 2 heterocycles. The molecule has 0 atom stereocenters. The summed E-state index contributed by atoms with van der Waals surface area (Å²) in [5.74, 6) is 0.447. The van der Waals surface area contributed by atoms with Crippen molar-refractivity contribution in [3.63, 3.8) is 0 Å². The number of nitrogens with one attached hydrogen (secondary N) is 1. The Morgan fingerprint density at radius 2 is 2.04 bits per heavy atom. The van der Waals surface area contributed by atoms with Gasteiger partial charge in [0.2, 0.25) is 0 Å². The van der Waals surface area contributed by atoms with E-state index in [1.54, 1.807) is 19.2 Å². The molecule has 0 aliphatic rings. The van der Waals surface area contributed by atoms with Gasteiger partial charge in [0.15, 0.2) is 5.13 Å². The molecule has 7 heteroatoms. The average molecular weight is 346 g/mol. The molecule has 3 aromatic rings. The highest BCUT2D eigenvalue weighted by atomic mass is 35.5. The minimum Gasteiger partial charge on any atom is -0.497 e. The number of nitrogens with zero attached hydrogens (tertiary/aromatic N) is 2. The molecule has 0 bridgehead atoms. The standard InChI is InChI=1S/C16H12ClN3O2S/c1-22-11-6-4-10(5-7-11)13-9-23-16(19-13)20-15(21)12-3-2-8-18-14(12)17/h2-9H,1H3,(H,19,20,21). The first-order chi connectivity index (χ1) is 11.2. The van der Waals surface area contributed by atoms with Gasteiger partial charge in [-0.25, -0.2) is 9.97 Å². The summed E-state index contributed by atoms with van der Waals surface area (Å²) in [5, 5.41) is 5.27. The fraction of sp³-hybridized carbons (Fsp3) is 0.0625. The minimum atomic E-state index is -0.335. The number of carbonyl (C=O) groups is 1. The number of pyridine rings is 1. The van der Waals surface area contributed by atoms with E-state index in [2.05, 4.69) is 15.3 Å². The summed E-state index contributed by atoms with van der Waals surface area (Å²) in [6.07, 6.45) is 1.53. The first kappa shape index (κ1) is 15.5. The van der Waals surface area contributed by atoms with Gasteiger partial charge in [-0.1, -0.05) is 11.6 Å². The number of ether oxygens (including phenoxy) is 1. The van der Waals surface area contributed by atoms with Gasteiger partial charge in [-0.05, 0) is 36.4 Å². The van der Waals surface area contributed by atoms with Gasteiger partial charge in [-0.15, -0.1) is 11.3 Å². The Hall–Kier alpha value is -2.44. The Morgan fingerprint density at radius 1 is 1.26 bits per heavy atom. The van der Waals surface area contributed by atoms with E-state index in [-0.39, 0.29) is 11.1 Å². The van der Waals surface area contributed by atoms with Gasteiger partial charge < -0.3 is 4.74 Å². The second-order valence-electron chi connectivity index (χ2n) is 4.56. The molecule has 1 N–H and O–H groups in total. The van der Waals surface area contributed by atoms with Crippen molar-refractivity contribution in [2.75, 3.05) is 12.4 Å². The van der Waals surface area contributed by atoms with E-state index < -0.39 is 0 Å². The van der Waals surface area contributed by atoms with Crippen LogP contribution in [0.15, 0.2) is 48.0 Å². The lowest BCUT2D eigenvalue weighted by Gasteiger charge is -2.03. The Labute approximate surface area is 141 Å². The zero-order valence-corrected chi connectivity index (χ0v) is 13.7. The second kappa shape index (κ2) is 6.76. The first-order valence-electron chi connectivity index (χ1n) is 6.69. The number of aromatic nitrogens is 2. The zero-order valence-electron chi connectivity index (χ0n) is 12.1. The third-order valence-electron chi connectivity index (χ3n) is 3.11. The Kier molecular flexibility index (Phi) is 4.55. The molecule has 0 radical (unpaired) electrons. The number of halogens is 1. The Balaban J connectivity index is 1.76. The first-order valence-corrected chi connectivity index (χ1v) is 7.95. The van der Waals surface area contributed by atoms with Crippen LogP contribution in [0.1, 0.15) is 10.4 Å². The van der Waals surface area contributed by atoms with E-state index in [1.807, 2.05) is 29.6 Å². The third kappa shape index (κ3) is 3.49. The quantitative estimate of drug-likeness (QED) is 0.722. The summed E-state index contributed by atoms with van der Waals surface area (Å²) in [7, 11) is 1.62. The molecule has 5 nitrogen and oxygen atoms in total. The van der Waals surface area contributed by atoms with Crippen LogP contribution in [-0.2, 0) is 0 Å². The van der Waals surface area contributed by atoms with E-state index >= 15 is 0 Å². The molecule has 0 unspecified atom stereocenters.